The first-order valence-corrected chi connectivity index (χ1v) is 4.55. The average molecular weight is 233 g/mol. The first kappa shape index (κ1) is 11.8. The smallest absolute Gasteiger partial charge is 0.280 e. The van der Waals surface area contributed by atoms with Gasteiger partial charge in [0, 0.05) is 5.88 Å². The second kappa shape index (κ2) is 5.01. The molecule has 1 aromatic rings. The van der Waals surface area contributed by atoms with Gasteiger partial charge in [0.2, 0.25) is 0 Å². The van der Waals surface area contributed by atoms with Gasteiger partial charge in [-0.05, 0) is 11.6 Å². The highest BCUT2D eigenvalue weighted by Gasteiger charge is 2.16. The summed E-state index contributed by atoms with van der Waals surface area (Å²) in [5.41, 5.74) is -0.218. The van der Waals surface area contributed by atoms with Crippen LogP contribution in [0.2, 0.25) is 0 Å². The summed E-state index contributed by atoms with van der Waals surface area (Å²) >= 11 is 5.51. The van der Waals surface area contributed by atoms with Crippen LogP contribution in [0.3, 0.4) is 0 Å². The summed E-state index contributed by atoms with van der Waals surface area (Å²) in [5, 5.41) is 17.6. The fourth-order valence-electron chi connectivity index (χ4n) is 1.15. The Kier molecular flexibility index (Phi) is 3.95. The zero-order valence-electron chi connectivity index (χ0n) is 7.54. The number of aliphatic hydroxyl groups is 1. The molecule has 0 aromatic carbocycles. The molecule has 0 spiro atoms. The predicted molar refractivity (Wildman–Crippen MR) is 49.4 cm³/mol. The molecule has 6 heteroatoms. The number of alkyl halides is 3. The molecule has 0 amide bonds. The van der Waals surface area contributed by atoms with Gasteiger partial charge in [0.1, 0.15) is 11.8 Å². The second-order valence-electron chi connectivity index (χ2n) is 2.73. The lowest BCUT2D eigenvalue weighted by atomic mass is 10.1. The van der Waals surface area contributed by atoms with Crippen LogP contribution in [0.25, 0.3) is 0 Å². The van der Waals surface area contributed by atoms with Gasteiger partial charge in [0.05, 0.1) is 17.9 Å². The van der Waals surface area contributed by atoms with Crippen LogP contribution in [0.4, 0.5) is 8.78 Å². The number of pyridine rings is 1. The Bertz CT molecular complexity index is 379. The molecule has 15 heavy (non-hydrogen) atoms. The van der Waals surface area contributed by atoms with E-state index >= 15 is 0 Å². The van der Waals surface area contributed by atoms with Crippen molar-refractivity contribution in [3.05, 3.63) is 28.6 Å². The largest absolute Gasteiger partial charge is 0.390 e. The van der Waals surface area contributed by atoms with Crippen molar-refractivity contribution in [2.24, 2.45) is 0 Å². The lowest BCUT2D eigenvalue weighted by Crippen LogP contribution is -2.03. The number of aliphatic hydroxyl groups excluding tert-OH is 1. The molecule has 0 unspecified atom stereocenters. The molecule has 1 N–H and O–H groups in total. The molecule has 3 nitrogen and oxygen atoms in total. The van der Waals surface area contributed by atoms with E-state index in [9.17, 15) is 8.78 Å². The highest BCUT2D eigenvalue weighted by molar-refractivity contribution is 6.17. The number of nitriles is 1. The van der Waals surface area contributed by atoms with Crippen LogP contribution in [0, 0.1) is 11.3 Å². The van der Waals surface area contributed by atoms with Gasteiger partial charge in [0.25, 0.3) is 6.43 Å². The van der Waals surface area contributed by atoms with E-state index in [0.29, 0.717) is 0 Å². The fourth-order valence-corrected chi connectivity index (χ4v) is 1.36. The Morgan fingerprint density at radius 2 is 2.27 bits per heavy atom. The van der Waals surface area contributed by atoms with Crippen LogP contribution in [0.15, 0.2) is 6.07 Å². The maximum Gasteiger partial charge on any atom is 0.280 e. The number of hydrogen-bond donors (Lipinski definition) is 1. The topological polar surface area (TPSA) is 56.9 Å². The quantitative estimate of drug-likeness (QED) is 0.812. The van der Waals surface area contributed by atoms with Crippen molar-refractivity contribution in [3.63, 3.8) is 0 Å². The molecular weight excluding hydrogens is 226 g/mol. The van der Waals surface area contributed by atoms with Gasteiger partial charge in [-0.3, -0.25) is 0 Å². The van der Waals surface area contributed by atoms with Crippen molar-refractivity contribution in [3.8, 4) is 6.07 Å². The zero-order valence-corrected chi connectivity index (χ0v) is 8.30. The molecule has 1 heterocycles. The highest BCUT2D eigenvalue weighted by Crippen LogP contribution is 2.22. The number of nitrogens with zero attached hydrogens (tertiary/aromatic N) is 2. The molecule has 0 saturated heterocycles. The maximum atomic E-state index is 12.4. The summed E-state index contributed by atoms with van der Waals surface area (Å²) < 4.78 is 24.7. The van der Waals surface area contributed by atoms with Gasteiger partial charge >= 0.3 is 0 Å². The molecule has 0 saturated carbocycles. The van der Waals surface area contributed by atoms with Crippen molar-refractivity contribution in [1.82, 2.24) is 4.98 Å². The Hall–Kier alpha value is -1.25. The van der Waals surface area contributed by atoms with E-state index in [4.69, 9.17) is 22.0 Å². The van der Waals surface area contributed by atoms with Gasteiger partial charge in [-0.25, -0.2) is 13.8 Å². The van der Waals surface area contributed by atoms with E-state index in [2.05, 4.69) is 4.98 Å². The second-order valence-corrected chi connectivity index (χ2v) is 3.00. The van der Waals surface area contributed by atoms with Crippen molar-refractivity contribution < 1.29 is 13.9 Å². The van der Waals surface area contributed by atoms with E-state index < -0.39 is 18.7 Å². The molecule has 0 aliphatic rings. The van der Waals surface area contributed by atoms with Gasteiger partial charge in [-0.1, -0.05) is 0 Å². The van der Waals surface area contributed by atoms with Gasteiger partial charge in [0.15, 0.2) is 0 Å². The third-order valence-electron chi connectivity index (χ3n) is 1.82. The molecule has 0 aliphatic heterocycles. The Balaban J connectivity index is 3.37. The van der Waals surface area contributed by atoms with Gasteiger partial charge < -0.3 is 5.11 Å². The van der Waals surface area contributed by atoms with E-state index in [1.165, 1.54) is 0 Å². The lowest BCUT2D eigenvalue weighted by Gasteiger charge is -2.07. The molecular formula is C9H7ClF2N2O. The number of halogens is 3. The highest BCUT2D eigenvalue weighted by atomic mass is 35.5. The molecule has 80 valence electrons. The minimum absolute atomic E-state index is 0.0639. The summed E-state index contributed by atoms with van der Waals surface area (Å²) in [6.45, 7) is -0.562. The molecule has 0 atom stereocenters. The van der Waals surface area contributed by atoms with Crippen molar-refractivity contribution >= 4 is 11.6 Å². The van der Waals surface area contributed by atoms with Crippen LogP contribution >= 0.6 is 11.6 Å². The Morgan fingerprint density at radius 3 is 2.67 bits per heavy atom. The maximum absolute atomic E-state index is 12.4. The Labute approximate surface area is 89.9 Å². The Morgan fingerprint density at radius 1 is 1.60 bits per heavy atom. The number of hydrogen-bond acceptors (Lipinski definition) is 3. The summed E-state index contributed by atoms with van der Waals surface area (Å²) in [5.74, 6) is -0.0713. The third-order valence-corrected chi connectivity index (χ3v) is 2.11. The van der Waals surface area contributed by atoms with E-state index in [0.717, 1.165) is 6.07 Å². The van der Waals surface area contributed by atoms with Crippen LogP contribution < -0.4 is 0 Å². The molecule has 1 rings (SSSR count). The normalized spacial score (nSPS) is 10.4. The standard InChI is InChI=1S/C9H7ClF2N2O/c10-2-5-1-7(9(11)12)14-8(4-15)6(5)3-13/h1,9,15H,2,4H2. The van der Waals surface area contributed by atoms with Crippen LogP contribution in [-0.4, -0.2) is 10.1 Å². The summed E-state index contributed by atoms with van der Waals surface area (Å²) in [6.07, 6.45) is -2.75. The summed E-state index contributed by atoms with van der Waals surface area (Å²) in [7, 11) is 0. The molecule has 0 fully saturated rings. The minimum Gasteiger partial charge on any atom is -0.390 e. The SMILES string of the molecule is N#Cc1c(CCl)cc(C(F)F)nc1CO. The van der Waals surface area contributed by atoms with E-state index in [1.54, 1.807) is 6.07 Å². The third kappa shape index (κ3) is 2.41. The lowest BCUT2D eigenvalue weighted by molar-refractivity contribution is 0.145. The van der Waals surface area contributed by atoms with Gasteiger partial charge in [-0.2, -0.15) is 5.26 Å². The monoisotopic (exact) mass is 232 g/mol. The van der Waals surface area contributed by atoms with Crippen molar-refractivity contribution in [2.75, 3.05) is 0 Å². The number of aromatic nitrogens is 1. The molecule has 0 aliphatic carbocycles. The number of rotatable bonds is 3. The van der Waals surface area contributed by atoms with E-state index in [-0.39, 0.29) is 22.7 Å². The first-order chi connectivity index (χ1) is 7.13. The predicted octanol–water partition coefficient (Wildman–Crippen LogP) is 2.12. The van der Waals surface area contributed by atoms with Crippen LogP contribution in [0.5, 0.6) is 0 Å². The van der Waals surface area contributed by atoms with Crippen LogP contribution in [-0.2, 0) is 12.5 Å². The molecule has 0 radical (unpaired) electrons. The van der Waals surface area contributed by atoms with Crippen molar-refractivity contribution in [2.45, 2.75) is 18.9 Å². The minimum atomic E-state index is -2.75. The average Bonchev–Trinajstić information content (AvgIpc) is 2.26. The van der Waals surface area contributed by atoms with Crippen molar-refractivity contribution in [1.29, 1.82) is 5.26 Å². The molecule has 1 aromatic heterocycles. The first-order valence-electron chi connectivity index (χ1n) is 4.01. The summed E-state index contributed by atoms with van der Waals surface area (Å²) in [6, 6.07) is 2.86. The van der Waals surface area contributed by atoms with E-state index in [1.807, 2.05) is 0 Å². The molecule has 0 bridgehead atoms. The zero-order chi connectivity index (χ0) is 11.4. The summed E-state index contributed by atoms with van der Waals surface area (Å²) in [4.78, 5) is 3.49. The van der Waals surface area contributed by atoms with Crippen LogP contribution in [0.1, 0.15) is 28.9 Å². The van der Waals surface area contributed by atoms with Gasteiger partial charge in [-0.15, -0.1) is 11.6 Å². The fraction of sp³-hybridized carbons (Fsp3) is 0.333.